The molecule has 1 fully saturated rings. The minimum atomic E-state index is -5.79. The van der Waals surface area contributed by atoms with Crippen molar-refractivity contribution in [3.05, 3.63) is 29.8 Å². The van der Waals surface area contributed by atoms with Crippen LogP contribution in [-0.2, 0) is 37.2 Å². The summed E-state index contributed by atoms with van der Waals surface area (Å²) in [5, 5.41) is 24.3. The maximum absolute atomic E-state index is 15.8. The quantitative estimate of drug-likeness (QED) is 0.284. The van der Waals surface area contributed by atoms with E-state index in [9.17, 15) is 33.9 Å². The summed E-state index contributed by atoms with van der Waals surface area (Å²) in [7, 11) is -17.0. The van der Waals surface area contributed by atoms with Gasteiger partial charge < -0.3 is 29.4 Å². The number of aryl methyl sites for hydroxylation is 1. The number of fused-ring (bicyclic) bond motifs is 1. The number of aromatic nitrogens is 3. The van der Waals surface area contributed by atoms with E-state index in [0.29, 0.717) is 11.2 Å². The van der Waals surface area contributed by atoms with E-state index in [-0.39, 0.29) is 5.69 Å². The Morgan fingerprint density at radius 3 is 2.47 bits per heavy atom. The second-order valence-electron chi connectivity index (χ2n) is 7.22. The number of ether oxygens (including phenoxy) is 1. The van der Waals surface area contributed by atoms with Crippen LogP contribution in [-0.4, -0.2) is 63.8 Å². The normalized spacial score (nSPS) is 31.1. The van der Waals surface area contributed by atoms with E-state index in [2.05, 4.69) is 23.2 Å². The Balaban J connectivity index is 1.86. The number of aliphatic hydroxyl groups excluding tert-OH is 1. The van der Waals surface area contributed by atoms with Crippen LogP contribution in [0.25, 0.3) is 5.52 Å². The standard InChI is InChI=1S/C14H18FN4O12P3/c1-8-9-3-4-11(19(9)18-7-17-8)14(6-16)13(2,15)12(20)10(29-14)5-28-33(24,25)31-34(26,27)30-32(21,22)23/h3-4,7,10,12,20H,5H2,1-2H3,(H,24,25)(H,26,27)(H2,21,22,23)/t10-,12-,13-,14+/m1/s1. The number of aliphatic hydroxyl groups is 1. The molecule has 1 saturated heterocycles. The maximum Gasteiger partial charge on any atom is 0.490 e. The van der Waals surface area contributed by atoms with Crippen molar-refractivity contribution >= 4 is 29.0 Å². The highest BCUT2D eigenvalue weighted by Crippen LogP contribution is 2.66. The number of halogens is 1. The molecule has 2 aromatic rings. The molecular weight excluding hydrogens is 528 g/mol. The Kier molecular flexibility index (Phi) is 6.97. The molecule has 188 valence electrons. The van der Waals surface area contributed by atoms with Gasteiger partial charge in [-0.3, -0.25) is 4.52 Å². The van der Waals surface area contributed by atoms with Crippen LogP contribution in [0.4, 0.5) is 4.39 Å². The van der Waals surface area contributed by atoms with E-state index in [1.807, 2.05) is 0 Å². The summed E-state index contributed by atoms with van der Waals surface area (Å²) in [5.74, 6) is 0. The Morgan fingerprint density at radius 1 is 1.24 bits per heavy atom. The average molecular weight is 546 g/mol. The summed E-state index contributed by atoms with van der Waals surface area (Å²) < 4.78 is 68.0. The van der Waals surface area contributed by atoms with Crippen LogP contribution >= 0.6 is 23.5 Å². The Labute approximate surface area is 190 Å². The molecule has 5 N–H and O–H groups in total. The number of hydrogen-bond acceptors (Lipinski definition) is 11. The number of hydrogen-bond donors (Lipinski definition) is 5. The molecular formula is C14H18FN4O12P3. The summed E-state index contributed by atoms with van der Waals surface area (Å²) in [4.78, 5) is 39.8. The minimum absolute atomic E-state index is 0.139. The highest BCUT2D eigenvalue weighted by atomic mass is 31.3. The van der Waals surface area contributed by atoms with Crippen LogP contribution in [0.1, 0.15) is 18.3 Å². The van der Waals surface area contributed by atoms with Gasteiger partial charge in [0.05, 0.1) is 23.5 Å². The first-order chi connectivity index (χ1) is 15.4. The van der Waals surface area contributed by atoms with E-state index >= 15 is 4.39 Å². The van der Waals surface area contributed by atoms with Crippen molar-refractivity contribution in [3.8, 4) is 6.07 Å². The van der Waals surface area contributed by atoms with Crippen molar-refractivity contribution in [2.45, 2.75) is 37.3 Å². The van der Waals surface area contributed by atoms with E-state index in [4.69, 9.17) is 14.5 Å². The molecule has 0 aromatic carbocycles. The Hall–Kier alpha value is -1.63. The number of phosphoric ester groups is 1. The fraction of sp³-hybridized carbons (Fsp3) is 0.500. The maximum atomic E-state index is 15.8. The fourth-order valence-corrected chi connectivity index (χ4v) is 6.42. The van der Waals surface area contributed by atoms with Crippen molar-refractivity contribution in [1.29, 1.82) is 5.26 Å². The van der Waals surface area contributed by atoms with Gasteiger partial charge >= 0.3 is 23.5 Å². The average Bonchev–Trinajstić information content (AvgIpc) is 3.17. The lowest BCUT2D eigenvalue weighted by molar-refractivity contribution is -0.0711. The summed E-state index contributed by atoms with van der Waals surface area (Å²) in [6, 6.07) is 4.45. The zero-order valence-corrected chi connectivity index (χ0v) is 19.9. The SMILES string of the molecule is Cc1ncnn2c([C@]3(C#N)O[C@H](COP(=O)(O)OP(=O)(O)OP(=O)(O)O)[C@@H](O)[C@@]3(C)F)ccc12. The molecule has 34 heavy (non-hydrogen) atoms. The van der Waals surface area contributed by atoms with Gasteiger partial charge in [0.1, 0.15) is 24.6 Å². The van der Waals surface area contributed by atoms with Crippen LogP contribution in [0.2, 0.25) is 0 Å². The van der Waals surface area contributed by atoms with Crippen LogP contribution in [0.5, 0.6) is 0 Å². The zero-order valence-electron chi connectivity index (χ0n) is 17.2. The second-order valence-corrected chi connectivity index (χ2v) is 11.6. The molecule has 2 unspecified atom stereocenters. The number of nitriles is 1. The van der Waals surface area contributed by atoms with Crippen LogP contribution in [0.3, 0.4) is 0 Å². The second kappa shape index (κ2) is 8.79. The van der Waals surface area contributed by atoms with Gasteiger partial charge in [-0.05, 0) is 26.0 Å². The predicted molar refractivity (Wildman–Crippen MR) is 105 cm³/mol. The molecule has 1 aliphatic heterocycles. The Bertz CT molecular complexity index is 1290. The monoisotopic (exact) mass is 546 g/mol. The van der Waals surface area contributed by atoms with Gasteiger partial charge in [-0.15, -0.1) is 0 Å². The number of rotatable bonds is 8. The zero-order chi connectivity index (χ0) is 25.7. The van der Waals surface area contributed by atoms with Gasteiger partial charge in [-0.1, -0.05) is 0 Å². The summed E-state index contributed by atoms with van der Waals surface area (Å²) >= 11 is 0. The topological polar surface area (TPSA) is 243 Å². The number of phosphoric acid groups is 3. The van der Waals surface area contributed by atoms with E-state index < -0.39 is 53.6 Å². The van der Waals surface area contributed by atoms with Gasteiger partial charge in [0.15, 0.2) is 5.67 Å². The van der Waals surface area contributed by atoms with Crippen LogP contribution < -0.4 is 0 Å². The lowest BCUT2D eigenvalue weighted by Gasteiger charge is -2.30. The third-order valence-electron chi connectivity index (χ3n) is 4.90. The predicted octanol–water partition coefficient (Wildman–Crippen LogP) is 0.588. The van der Waals surface area contributed by atoms with Crippen molar-refractivity contribution in [2.24, 2.45) is 0 Å². The molecule has 0 saturated carbocycles. The highest BCUT2D eigenvalue weighted by molar-refractivity contribution is 7.66. The lowest BCUT2D eigenvalue weighted by atomic mass is 9.82. The number of alkyl halides is 1. The van der Waals surface area contributed by atoms with E-state index in [1.165, 1.54) is 16.6 Å². The molecule has 20 heteroatoms. The summed E-state index contributed by atoms with van der Waals surface area (Å²) in [5.41, 5.74) is -4.58. The van der Waals surface area contributed by atoms with Gasteiger partial charge in [0.25, 0.3) is 0 Å². The Morgan fingerprint density at radius 2 is 1.88 bits per heavy atom. The molecule has 0 radical (unpaired) electrons. The van der Waals surface area contributed by atoms with Crippen LogP contribution in [0, 0.1) is 18.3 Å². The summed E-state index contributed by atoms with van der Waals surface area (Å²) in [6.45, 7) is 1.31. The van der Waals surface area contributed by atoms with Crippen molar-refractivity contribution in [1.82, 2.24) is 14.6 Å². The fourth-order valence-electron chi connectivity index (χ4n) is 3.39. The highest BCUT2D eigenvalue weighted by Gasteiger charge is 2.67. The molecule has 0 bridgehead atoms. The first-order valence-corrected chi connectivity index (χ1v) is 13.5. The molecule has 3 heterocycles. The van der Waals surface area contributed by atoms with Crippen molar-refractivity contribution in [2.75, 3.05) is 6.61 Å². The minimum Gasteiger partial charge on any atom is -0.387 e. The van der Waals surface area contributed by atoms with Gasteiger partial charge in [0.2, 0.25) is 5.60 Å². The molecule has 1 aliphatic rings. The molecule has 16 nitrogen and oxygen atoms in total. The van der Waals surface area contributed by atoms with Gasteiger partial charge in [0, 0.05) is 0 Å². The first-order valence-electron chi connectivity index (χ1n) is 8.99. The third-order valence-corrected chi connectivity index (χ3v) is 8.71. The van der Waals surface area contributed by atoms with E-state index in [1.54, 1.807) is 13.0 Å². The van der Waals surface area contributed by atoms with Crippen LogP contribution in [0.15, 0.2) is 18.5 Å². The first kappa shape index (κ1) is 27.0. The molecule has 0 amide bonds. The van der Waals surface area contributed by atoms with Crippen molar-refractivity contribution < 1.29 is 60.6 Å². The summed E-state index contributed by atoms with van der Waals surface area (Å²) in [6.07, 6.45) is -2.79. The lowest BCUT2D eigenvalue weighted by Crippen LogP contribution is -2.48. The molecule has 3 rings (SSSR count). The smallest absolute Gasteiger partial charge is 0.387 e. The number of nitrogens with zero attached hydrogens (tertiary/aromatic N) is 4. The molecule has 0 spiro atoms. The van der Waals surface area contributed by atoms with E-state index in [0.717, 1.165) is 13.3 Å². The third kappa shape index (κ3) is 5.00. The van der Waals surface area contributed by atoms with Gasteiger partial charge in [-0.25, -0.2) is 27.6 Å². The molecule has 6 atom stereocenters. The van der Waals surface area contributed by atoms with Gasteiger partial charge in [-0.2, -0.15) is 19.0 Å². The molecule has 2 aromatic heterocycles. The largest absolute Gasteiger partial charge is 0.490 e. The molecule has 0 aliphatic carbocycles. The van der Waals surface area contributed by atoms with Crippen molar-refractivity contribution in [3.63, 3.8) is 0 Å².